The summed E-state index contributed by atoms with van der Waals surface area (Å²) in [6.45, 7) is 1.41. The van der Waals surface area contributed by atoms with E-state index in [1.807, 2.05) is 0 Å². The van der Waals surface area contributed by atoms with Crippen LogP contribution >= 0.6 is 23.2 Å². The molecule has 3 N–H and O–H groups in total. The first-order valence-electron chi connectivity index (χ1n) is 8.82. The molecular formula is C18H16Cl2N6O5. The summed E-state index contributed by atoms with van der Waals surface area (Å²) in [5, 5.41) is 28.8. The molecule has 1 aromatic carbocycles. The van der Waals surface area contributed by atoms with Gasteiger partial charge in [-0.05, 0) is 12.1 Å². The highest BCUT2D eigenvalue weighted by molar-refractivity contribution is 6.37. The van der Waals surface area contributed by atoms with Crippen LogP contribution in [0.3, 0.4) is 0 Å². The minimum atomic E-state index is -1.23. The number of hydrogen-bond donors (Lipinski definition) is 3. The third-order valence-corrected chi connectivity index (χ3v) is 5.09. The zero-order valence-corrected chi connectivity index (χ0v) is 17.7. The number of urea groups is 1. The zero-order valence-electron chi connectivity index (χ0n) is 16.2. The van der Waals surface area contributed by atoms with Gasteiger partial charge >= 0.3 is 6.03 Å². The van der Waals surface area contributed by atoms with E-state index in [4.69, 9.17) is 27.9 Å². The Labute approximate surface area is 185 Å². The topological polar surface area (TPSA) is 152 Å². The van der Waals surface area contributed by atoms with Gasteiger partial charge in [0.05, 0.1) is 21.8 Å². The van der Waals surface area contributed by atoms with Gasteiger partial charge in [0.25, 0.3) is 11.5 Å². The Morgan fingerprint density at radius 1 is 1.29 bits per heavy atom. The number of H-pyrrole nitrogens is 1. The maximum absolute atomic E-state index is 12.3. The number of hydrogen-bond acceptors (Lipinski definition) is 8. The average molecular weight is 467 g/mol. The van der Waals surface area contributed by atoms with Gasteiger partial charge in [-0.1, -0.05) is 30.1 Å². The monoisotopic (exact) mass is 466 g/mol. The molecule has 3 rings (SSSR count). The van der Waals surface area contributed by atoms with Crippen LogP contribution in [0.15, 0.2) is 23.0 Å². The second-order valence-electron chi connectivity index (χ2n) is 6.63. The standard InChI is InChI=1S/C18H16Cl2N6O5/c1-8(7-27)10-5-14(23-24-16(10)28)31-15-11(19)3-9(4-12(15)20)26-18(30)22-17(29)13(6-21)25(26)2/h3-5,8,13,27H,7H2,1-2H3,(H,24,28)(H,22,29,30)/t8-,13?/m0/s1. The Kier molecular flexibility index (Phi) is 6.47. The fraction of sp³-hybridized carbons (Fsp3) is 0.278. The van der Waals surface area contributed by atoms with Gasteiger partial charge in [0.15, 0.2) is 11.8 Å². The number of halogens is 2. The molecular weight excluding hydrogens is 451 g/mol. The molecule has 11 nitrogen and oxygen atoms in total. The normalized spacial score (nSPS) is 17.8. The molecule has 1 fully saturated rings. The molecule has 2 heterocycles. The minimum absolute atomic E-state index is 0.00105. The molecule has 1 unspecified atom stereocenters. The predicted molar refractivity (Wildman–Crippen MR) is 110 cm³/mol. The maximum Gasteiger partial charge on any atom is 0.343 e. The predicted octanol–water partition coefficient (Wildman–Crippen LogP) is 1.76. The van der Waals surface area contributed by atoms with Crippen molar-refractivity contribution in [3.8, 4) is 17.7 Å². The number of carbonyl (C=O) groups is 2. The van der Waals surface area contributed by atoms with Crippen molar-refractivity contribution >= 4 is 40.8 Å². The van der Waals surface area contributed by atoms with Crippen molar-refractivity contribution in [3.63, 3.8) is 0 Å². The van der Waals surface area contributed by atoms with Crippen molar-refractivity contribution in [2.75, 3.05) is 18.7 Å². The summed E-state index contributed by atoms with van der Waals surface area (Å²) < 4.78 is 5.62. The van der Waals surface area contributed by atoms with E-state index in [9.17, 15) is 24.8 Å². The summed E-state index contributed by atoms with van der Waals surface area (Å²) in [5.74, 6) is -1.22. The van der Waals surface area contributed by atoms with E-state index >= 15 is 0 Å². The average Bonchev–Trinajstić information content (AvgIpc) is 2.71. The van der Waals surface area contributed by atoms with Crippen molar-refractivity contribution in [1.29, 1.82) is 5.26 Å². The first-order chi connectivity index (χ1) is 14.7. The van der Waals surface area contributed by atoms with Crippen LogP contribution in [-0.4, -0.2) is 51.9 Å². The molecule has 1 aliphatic rings. The molecule has 2 aromatic rings. The van der Waals surface area contributed by atoms with Crippen molar-refractivity contribution < 1.29 is 19.4 Å². The Morgan fingerprint density at radius 2 is 1.94 bits per heavy atom. The minimum Gasteiger partial charge on any atom is -0.434 e. The molecule has 1 aromatic heterocycles. The van der Waals surface area contributed by atoms with Gasteiger partial charge in [0.2, 0.25) is 5.88 Å². The molecule has 2 atom stereocenters. The number of hydrazine groups is 1. The van der Waals surface area contributed by atoms with Crippen molar-refractivity contribution in [2.24, 2.45) is 0 Å². The first kappa shape index (κ1) is 22.5. The van der Waals surface area contributed by atoms with Crippen LogP contribution in [0.5, 0.6) is 11.6 Å². The smallest absolute Gasteiger partial charge is 0.343 e. The molecule has 162 valence electrons. The Morgan fingerprint density at radius 3 is 2.52 bits per heavy atom. The van der Waals surface area contributed by atoms with E-state index < -0.39 is 29.5 Å². The number of nitrogens with zero attached hydrogens (tertiary/aromatic N) is 4. The molecule has 1 aliphatic heterocycles. The number of aromatic amines is 1. The van der Waals surface area contributed by atoms with E-state index in [-0.39, 0.29) is 39.5 Å². The lowest BCUT2D eigenvalue weighted by Gasteiger charge is -2.37. The highest BCUT2D eigenvalue weighted by Gasteiger charge is 2.38. The number of nitrogens with one attached hydrogen (secondary N) is 2. The third kappa shape index (κ3) is 4.33. The highest BCUT2D eigenvalue weighted by atomic mass is 35.5. The van der Waals surface area contributed by atoms with E-state index in [0.29, 0.717) is 0 Å². The molecule has 0 bridgehead atoms. The number of aromatic nitrogens is 2. The number of aliphatic hydroxyl groups is 1. The van der Waals surface area contributed by atoms with Crippen LogP contribution in [0, 0.1) is 11.3 Å². The Bertz CT molecular complexity index is 1120. The number of anilines is 1. The van der Waals surface area contributed by atoms with Gasteiger partial charge < -0.3 is 9.84 Å². The fourth-order valence-electron chi connectivity index (χ4n) is 2.89. The number of rotatable bonds is 5. The Balaban J connectivity index is 1.95. The number of ether oxygens (including phenoxy) is 1. The van der Waals surface area contributed by atoms with Gasteiger partial charge in [0.1, 0.15) is 0 Å². The maximum atomic E-state index is 12.3. The van der Waals surface area contributed by atoms with Crippen LogP contribution in [0.4, 0.5) is 10.5 Å². The number of aliphatic hydroxyl groups excluding tert-OH is 1. The van der Waals surface area contributed by atoms with E-state index in [0.717, 1.165) is 10.0 Å². The first-order valence-corrected chi connectivity index (χ1v) is 9.58. The fourth-order valence-corrected chi connectivity index (χ4v) is 3.44. The lowest BCUT2D eigenvalue weighted by molar-refractivity contribution is -0.124. The van der Waals surface area contributed by atoms with E-state index in [1.165, 1.54) is 25.2 Å². The summed E-state index contributed by atoms with van der Waals surface area (Å²) in [6.07, 6.45) is 0. The summed E-state index contributed by atoms with van der Waals surface area (Å²) in [5.41, 5.74) is -0.0310. The van der Waals surface area contributed by atoms with Gasteiger partial charge in [-0.2, -0.15) is 10.3 Å². The summed E-state index contributed by atoms with van der Waals surface area (Å²) in [7, 11) is 1.39. The lowest BCUT2D eigenvalue weighted by Crippen LogP contribution is -2.64. The summed E-state index contributed by atoms with van der Waals surface area (Å²) >= 11 is 12.6. The molecule has 0 spiro atoms. The van der Waals surface area contributed by atoms with Crippen molar-refractivity contribution in [2.45, 2.75) is 18.9 Å². The highest BCUT2D eigenvalue weighted by Crippen LogP contribution is 2.40. The second kappa shape index (κ2) is 8.91. The molecule has 0 radical (unpaired) electrons. The van der Waals surface area contributed by atoms with Gasteiger partial charge in [0, 0.05) is 31.2 Å². The largest absolute Gasteiger partial charge is 0.434 e. The molecule has 13 heteroatoms. The van der Waals surface area contributed by atoms with Crippen molar-refractivity contribution in [3.05, 3.63) is 44.2 Å². The van der Waals surface area contributed by atoms with Gasteiger partial charge in [-0.3, -0.25) is 14.9 Å². The number of likely N-dealkylation sites (N-methyl/N-ethyl adjacent to an activating group) is 1. The van der Waals surface area contributed by atoms with Gasteiger partial charge in [-0.25, -0.2) is 14.9 Å². The SMILES string of the molecule is C[C@@H](CO)c1cc(Oc2c(Cl)cc(N3C(=O)NC(=O)C(C#N)N3C)cc2Cl)n[nH]c1=O. The van der Waals surface area contributed by atoms with Gasteiger partial charge in [-0.15, -0.1) is 5.10 Å². The Hall–Kier alpha value is -3.17. The van der Waals surface area contributed by atoms with Crippen molar-refractivity contribution in [1.82, 2.24) is 20.5 Å². The van der Waals surface area contributed by atoms with Crippen LogP contribution in [-0.2, 0) is 4.79 Å². The lowest BCUT2D eigenvalue weighted by atomic mass is 10.1. The van der Waals surface area contributed by atoms with Crippen LogP contribution in [0.2, 0.25) is 10.0 Å². The number of nitriles is 1. The van der Waals surface area contributed by atoms with E-state index in [2.05, 4.69) is 15.5 Å². The number of imide groups is 1. The van der Waals surface area contributed by atoms with Crippen LogP contribution in [0.1, 0.15) is 18.4 Å². The number of amides is 3. The summed E-state index contributed by atoms with van der Waals surface area (Å²) in [6, 6.07) is 3.84. The summed E-state index contributed by atoms with van der Waals surface area (Å²) in [4.78, 5) is 36.0. The third-order valence-electron chi connectivity index (χ3n) is 4.53. The molecule has 1 saturated heterocycles. The molecule has 0 saturated carbocycles. The second-order valence-corrected chi connectivity index (χ2v) is 7.44. The quantitative estimate of drug-likeness (QED) is 0.602. The molecule has 3 amide bonds. The van der Waals surface area contributed by atoms with E-state index in [1.54, 1.807) is 13.0 Å². The van der Waals surface area contributed by atoms with Crippen LogP contribution in [0.25, 0.3) is 0 Å². The number of carbonyl (C=O) groups excluding carboxylic acids is 2. The molecule has 0 aliphatic carbocycles. The van der Waals surface area contributed by atoms with Crippen LogP contribution < -0.4 is 20.6 Å². The number of benzene rings is 1. The zero-order chi connectivity index (χ0) is 22.9. The molecule has 31 heavy (non-hydrogen) atoms.